The van der Waals surface area contributed by atoms with Gasteiger partial charge in [0.2, 0.25) is 0 Å². The van der Waals surface area contributed by atoms with E-state index in [1.807, 2.05) is 7.05 Å². The number of alkyl carbamates (subject to hydrolysis) is 1. The molecule has 2 N–H and O–H groups in total. The predicted molar refractivity (Wildman–Crippen MR) is 97.8 cm³/mol. The molecule has 0 unspecified atom stereocenters. The van der Waals surface area contributed by atoms with Crippen LogP contribution in [0.15, 0.2) is 0 Å². The van der Waals surface area contributed by atoms with Gasteiger partial charge in [-0.3, -0.25) is 0 Å². The average molecular weight is 391 g/mol. The minimum Gasteiger partial charge on any atom is -0.444 e. The third-order valence-electron chi connectivity index (χ3n) is 4.39. The van der Waals surface area contributed by atoms with Gasteiger partial charge in [0, 0.05) is 32.2 Å². The summed E-state index contributed by atoms with van der Waals surface area (Å²) in [4.78, 5) is 28.2. The highest BCUT2D eigenvalue weighted by molar-refractivity contribution is 7.91. The topological polar surface area (TPSA) is 108 Å². The van der Waals surface area contributed by atoms with Gasteiger partial charge < -0.3 is 25.2 Å². The first-order valence-electron chi connectivity index (χ1n) is 8.88. The SMILES string of the molecule is CN1CCN(C(=O)N[C@@H]2CCS(=O)(=O)C2)[C@@H](CNC(=O)OC(C)(C)C)C1. The first kappa shape index (κ1) is 20.8. The second kappa shape index (κ2) is 7.99. The number of rotatable bonds is 3. The van der Waals surface area contributed by atoms with Crippen LogP contribution in [-0.2, 0) is 14.6 Å². The summed E-state index contributed by atoms with van der Waals surface area (Å²) in [6.45, 7) is 7.49. The molecular formula is C16H30N4O5S. The molecule has 2 atom stereocenters. The van der Waals surface area contributed by atoms with Crippen LogP contribution in [0.5, 0.6) is 0 Å². The van der Waals surface area contributed by atoms with Crippen molar-refractivity contribution in [3.8, 4) is 0 Å². The highest BCUT2D eigenvalue weighted by atomic mass is 32.2. The molecule has 0 aromatic rings. The first-order valence-corrected chi connectivity index (χ1v) is 10.7. The molecule has 0 spiro atoms. The predicted octanol–water partition coefficient (Wildman–Crippen LogP) is 0.0238. The van der Waals surface area contributed by atoms with Crippen LogP contribution in [-0.4, -0.2) is 92.8 Å². The number of hydrogen-bond acceptors (Lipinski definition) is 6. The van der Waals surface area contributed by atoms with Gasteiger partial charge in [-0.25, -0.2) is 18.0 Å². The molecule has 2 aliphatic rings. The lowest BCUT2D eigenvalue weighted by atomic mass is 10.1. The summed E-state index contributed by atoms with van der Waals surface area (Å²) < 4.78 is 28.4. The van der Waals surface area contributed by atoms with Crippen LogP contribution in [0, 0.1) is 0 Å². The van der Waals surface area contributed by atoms with E-state index in [1.165, 1.54) is 0 Å². The normalized spacial score (nSPS) is 26.4. The minimum atomic E-state index is -3.05. The Balaban J connectivity index is 1.92. The van der Waals surface area contributed by atoms with Crippen LogP contribution in [0.1, 0.15) is 27.2 Å². The molecule has 0 bridgehead atoms. The Kier molecular flexibility index (Phi) is 6.38. The number of nitrogens with zero attached hydrogens (tertiary/aromatic N) is 2. The number of likely N-dealkylation sites (N-methyl/N-ethyl adjacent to an activating group) is 1. The van der Waals surface area contributed by atoms with Gasteiger partial charge >= 0.3 is 12.1 Å². The lowest BCUT2D eigenvalue weighted by Crippen LogP contribution is -2.61. The summed E-state index contributed by atoms with van der Waals surface area (Å²) >= 11 is 0. The number of carbonyl (C=O) groups is 2. The summed E-state index contributed by atoms with van der Waals surface area (Å²) in [7, 11) is -1.09. The van der Waals surface area contributed by atoms with Crippen molar-refractivity contribution in [3.05, 3.63) is 0 Å². The Morgan fingerprint density at radius 1 is 1.23 bits per heavy atom. The average Bonchev–Trinajstić information content (AvgIpc) is 2.82. The van der Waals surface area contributed by atoms with Crippen LogP contribution in [0.25, 0.3) is 0 Å². The summed E-state index contributed by atoms with van der Waals surface area (Å²) in [5.74, 6) is 0.109. The van der Waals surface area contributed by atoms with Crippen molar-refractivity contribution in [2.45, 2.75) is 44.9 Å². The molecule has 2 rings (SSSR count). The largest absolute Gasteiger partial charge is 0.444 e. The fraction of sp³-hybridized carbons (Fsp3) is 0.875. The number of nitrogens with one attached hydrogen (secondary N) is 2. The molecule has 150 valence electrons. The van der Waals surface area contributed by atoms with E-state index in [1.54, 1.807) is 25.7 Å². The Labute approximate surface area is 155 Å². The summed E-state index contributed by atoms with van der Waals surface area (Å²) in [6.07, 6.45) is -0.0733. The maximum Gasteiger partial charge on any atom is 0.407 e. The maximum atomic E-state index is 12.6. The third kappa shape index (κ3) is 6.31. The number of hydrogen-bond donors (Lipinski definition) is 2. The molecule has 10 heteroatoms. The van der Waals surface area contributed by atoms with E-state index in [2.05, 4.69) is 15.5 Å². The number of piperazine rings is 1. The summed E-state index contributed by atoms with van der Waals surface area (Å²) in [5, 5.41) is 5.54. The van der Waals surface area contributed by atoms with Gasteiger partial charge in [-0.2, -0.15) is 0 Å². The fourth-order valence-electron chi connectivity index (χ4n) is 3.13. The van der Waals surface area contributed by atoms with Gasteiger partial charge in [-0.15, -0.1) is 0 Å². The zero-order valence-electron chi connectivity index (χ0n) is 15.9. The van der Waals surface area contributed by atoms with Gasteiger partial charge in [0.1, 0.15) is 5.60 Å². The van der Waals surface area contributed by atoms with E-state index in [9.17, 15) is 18.0 Å². The molecule has 0 saturated carbocycles. The standard InChI is InChI=1S/C16H30N4O5S/c1-16(2,3)25-15(22)17-9-13-10-19(4)6-7-20(13)14(21)18-12-5-8-26(23,24)11-12/h12-13H,5-11H2,1-4H3,(H,17,22)(H,18,21)/t12-,13+/m1/s1. The number of sulfone groups is 1. The molecule has 2 heterocycles. The number of amides is 3. The maximum absolute atomic E-state index is 12.6. The van der Waals surface area contributed by atoms with E-state index in [4.69, 9.17) is 4.74 Å². The summed E-state index contributed by atoms with van der Waals surface area (Å²) in [5.41, 5.74) is -0.585. The molecule has 0 aromatic carbocycles. The Hall–Kier alpha value is -1.55. The van der Waals surface area contributed by atoms with Crippen molar-refractivity contribution < 1.29 is 22.7 Å². The van der Waals surface area contributed by atoms with E-state index in [0.717, 1.165) is 6.54 Å². The fourth-order valence-corrected chi connectivity index (χ4v) is 4.81. The van der Waals surface area contributed by atoms with Gasteiger partial charge in [-0.05, 0) is 34.2 Å². The first-order chi connectivity index (χ1) is 12.0. The Morgan fingerprint density at radius 2 is 1.92 bits per heavy atom. The Bertz CT molecular complexity index is 631. The molecule has 2 saturated heterocycles. The van der Waals surface area contributed by atoms with Crippen LogP contribution in [0.2, 0.25) is 0 Å². The molecule has 26 heavy (non-hydrogen) atoms. The van der Waals surface area contributed by atoms with Crippen molar-refractivity contribution >= 4 is 22.0 Å². The van der Waals surface area contributed by atoms with E-state index in [-0.39, 0.29) is 36.2 Å². The van der Waals surface area contributed by atoms with Crippen molar-refractivity contribution in [2.75, 3.05) is 44.7 Å². The zero-order chi connectivity index (χ0) is 19.5. The molecule has 2 fully saturated rings. The lowest BCUT2D eigenvalue weighted by Gasteiger charge is -2.40. The summed E-state index contributed by atoms with van der Waals surface area (Å²) in [6, 6.07) is -0.831. The zero-order valence-corrected chi connectivity index (χ0v) is 16.8. The molecule has 0 radical (unpaired) electrons. The smallest absolute Gasteiger partial charge is 0.407 e. The van der Waals surface area contributed by atoms with Crippen molar-refractivity contribution in [3.63, 3.8) is 0 Å². The second-order valence-electron chi connectivity index (χ2n) is 8.04. The van der Waals surface area contributed by atoms with E-state index < -0.39 is 21.5 Å². The Morgan fingerprint density at radius 3 is 2.50 bits per heavy atom. The molecule has 3 amide bonds. The lowest BCUT2D eigenvalue weighted by molar-refractivity contribution is 0.0485. The van der Waals surface area contributed by atoms with E-state index in [0.29, 0.717) is 19.5 Å². The molecule has 0 aliphatic carbocycles. The molecule has 0 aromatic heterocycles. The van der Waals surface area contributed by atoms with Crippen LogP contribution in [0.4, 0.5) is 9.59 Å². The molecule has 9 nitrogen and oxygen atoms in total. The van der Waals surface area contributed by atoms with E-state index >= 15 is 0 Å². The number of urea groups is 1. The van der Waals surface area contributed by atoms with Gasteiger partial charge in [0.05, 0.1) is 17.5 Å². The monoisotopic (exact) mass is 390 g/mol. The highest BCUT2D eigenvalue weighted by Crippen LogP contribution is 2.14. The van der Waals surface area contributed by atoms with Crippen LogP contribution in [0.3, 0.4) is 0 Å². The quantitative estimate of drug-likeness (QED) is 0.704. The van der Waals surface area contributed by atoms with Crippen LogP contribution < -0.4 is 10.6 Å². The van der Waals surface area contributed by atoms with Crippen LogP contribution >= 0.6 is 0 Å². The number of carbonyl (C=O) groups excluding carboxylic acids is 2. The van der Waals surface area contributed by atoms with Crippen molar-refractivity contribution in [2.24, 2.45) is 0 Å². The van der Waals surface area contributed by atoms with Gasteiger partial charge in [0.15, 0.2) is 9.84 Å². The minimum absolute atomic E-state index is 0.00664. The third-order valence-corrected chi connectivity index (χ3v) is 6.16. The van der Waals surface area contributed by atoms with Crippen molar-refractivity contribution in [1.82, 2.24) is 20.4 Å². The second-order valence-corrected chi connectivity index (χ2v) is 10.3. The molecular weight excluding hydrogens is 360 g/mol. The number of ether oxygens (including phenoxy) is 1. The van der Waals surface area contributed by atoms with Crippen molar-refractivity contribution in [1.29, 1.82) is 0 Å². The molecule has 2 aliphatic heterocycles. The van der Waals surface area contributed by atoms with Gasteiger partial charge in [0.25, 0.3) is 0 Å². The van der Waals surface area contributed by atoms with Gasteiger partial charge in [-0.1, -0.05) is 0 Å². The highest BCUT2D eigenvalue weighted by Gasteiger charge is 2.34.